The second-order valence-electron chi connectivity index (χ2n) is 4.60. The van der Waals surface area contributed by atoms with Crippen molar-refractivity contribution in [2.75, 3.05) is 13.2 Å². The summed E-state index contributed by atoms with van der Waals surface area (Å²) < 4.78 is 38.3. The molecule has 22 heavy (non-hydrogen) atoms. The van der Waals surface area contributed by atoms with Gasteiger partial charge < -0.3 is 9.47 Å². The largest absolute Gasteiger partial charge is 0.491 e. The van der Waals surface area contributed by atoms with E-state index in [0.717, 1.165) is 0 Å². The van der Waals surface area contributed by atoms with E-state index in [2.05, 4.69) is 0 Å². The van der Waals surface area contributed by atoms with Crippen LogP contribution in [0.4, 0.5) is 8.78 Å². The lowest BCUT2D eigenvalue weighted by molar-refractivity contribution is 0.321. The SMILES string of the molecule is C/C=C/COc1ccc(-c2ccc(OCC)c(F)c2)cc1F. The average molecular weight is 304 g/mol. The summed E-state index contributed by atoms with van der Waals surface area (Å²) >= 11 is 0. The molecule has 0 unspecified atom stereocenters. The first kappa shape index (κ1) is 16.0. The molecular formula is C18H18F2O2. The first-order valence-corrected chi connectivity index (χ1v) is 7.12. The van der Waals surface area contributed by atoms with Gasteiger partial charge in [0, 0.05) is 0 Å². The lowest BCUT2D eigenvalue weighted by atomic mass is 10.0. The molecule has 0 atom stereocenters. The van der Waals surface area contributed by atoms with E-state index in [1.807, 2.05) is 13.0 Å². The van der Waals surface area contributed by atoms with E-state index in [1.165, 1.54) is 12.1 Å². The molecule has 0 bridgehead atoms. The minimum Gasteiger partial charge on any atom is -0.491 e. The maximum absolute atomic E-state index is 14.0. The van der Waals surface area contributed by atoms with Gasteiger partial charge in [-0.3, -0.25) is 0 Å². The number of rotatable bonds is 6. The van der Waals surface area contributed by atoms with Gasteiger partial charge in [-0.15, -0.1) is 0 Å². The number of ether oxygens (including phenoxy) is 2. The number of hydrogen-bond donors (Lipinski definition) is 0. The van der Waals surface area contributed by atoms with Gasteiger partial charge >= 0.3 is 0 Å². The van der Waals surface area contributed by atoms with Gasteiger partial charge in [-0.1, -0.05) is 24.3 Å². The molecule has 0 aliphatic heterocycles. The van der Waals surface area contributed by atoms with Crippen LogP contribution in [-0.4, -0.2) is 13.2 Å². The molecule has 2 aromatic carbocycles. The summed E-state index contributed by atoms with van der Waals surface area (Å²) in [6, 6.07) is 9.15. The summed E-state index contributed by atoms with van der Waals surface area (Å²) in [7, 11) is 0. The fraction of sp³-hybridized carbons (Fsp3) is 0.222. The Balaban J connectivity index is 2.22. The number of hydrogen-bond acceptors (Lipinski definition) is 2. The van der Waals surface area contributed by atoms with Crippen LogP contribution in [0.5, 0.6) is 11.5 Å². The van der Waals surface area contributed by atoms with Crippen LogP contribution in [-0.2, 0) is 0 Å². The van der Waals surface area contributed by atoms with Gasteiger partial charge in [-0.2, -0.15) is 0 Å². The van der Waals surface area contributed by atoms with Crippen molar-refractivity contribution in [2.24, 2.45) is 0 Å². The lowest BCUT2D eigenvalue weighted by Crippen LogP contribution is -1.97. The Hall–Kier alpha value is -2.36. The van der Waals surface area contributed by atoms with Crippen LogP contribution in [0.15, 0.2) is 48.6 Å². The Kier molecular flexibility index (Phi) is 5.53. The Bertz CT molecular complexity index is 666. The highest BCUT2D eigenvalue weighted by Crippen LogP contribution is 2.29. The Morgan fingerprint density at radius 3 is 1.91 bits per heavy atom. The molecule has 0 aliphatic rings. The highest BCUT2D eigenvalue weighted by Gasteiger charge is 2.09. The molecule has 0 saturated heterocycles. The van der Waals surface area contributed by atoms with Crippen molar-refractivity contribution < 1.29 is 18.3 Å². The van der Waals surface area contributed by atoms with Crippen LogP contribution in [0.25, 0.3) is 11.1 Å². The minimum atomic E-state index is -0.476. The third kappa shape index (κ3) is 3.85. The van der Waals surface area contributed by atoms with Gasteiger partial charge in [0.2, 0.25) is 0 Å². The normalized spacial score (nSPS) is 10.9. The molecule has 0 radical (unpaired) electrons. The summed E-state index contributed by atoms with van der Waals surface area (Å²) in [6.45, 7) is 4.35. The molecule has 0 aliphatic carbocycles. The van der Waals surface area contributed by atoms with Crippen molar-refractivity contribution in [3.8, 4) is 22.6 Å². The first-order valence-electron chi connectivity index (χ1n) is 7.12. The van der Waals surface area contributed by atoms with Gasteiger partial charge in [0.1, 0.15) is 6.61 Å². The van der Waals surface area contributed by atoms with Crippen LogP contribution >= 0.6 is 0 Å². The van der Waals surface area contributed by atoms with Crippen LogP contribution in [0.2, 0.25) is 0 Å². The van der Waals surface area contributed by atoms with E-state index in [4.69, 9.17) is 9.47 Å². The molecule has 0 fully saturated rings. The van der Waals surface area contributed by atoms with Crippen LogP contribution in [0.3, 0.4) is 0 Å². The van der Waals surface area contributed by atoms with Crippen LogP contribution in [0, 0.1) is 11.6 Å². The van der Waals surface area contributed by atoms with Gasteiger partial charge in [0.15, 0.2) is 23.1 Å². The summed E-state index contributed by atoms with van der Waals surface area (Å²) in [4.78, 5) is 0. The van der Waals surface area contributed by atoms with Crippen molar-refractivity contribution in [1.82, 2.24) is 0 Å². The molecule has 116 valence electrons. The molecule has 0 heterocycles. The minimum absolute atomic E-state index is 0.174. The second kappa shape index (κ2) is 7.59. The molecule has 0 N–H and O–H groups in total. The third-order valence-electron chi connectivity index (χ3n) is 3.07. The summed E-state index contributed by atoms with van der Waals surface area (Å²) in [5, 5.41) is 0. The second-order valence-corrected chi connectivity index (χ2v) is 4.60. The Morgan fingerprint density at radius 1 is 0.909 bits per heavy atom. The van der Waals surface area contributed by atoms with E-state index in [1.54, 1.807) is 37.3 Å². The smallest absolute Gasteiger partial charge is 0.165 e. The van der Waals surface area contributed by atoms with Gasteiger partial charge in [0.05, 0.1) is 6.61 Å². The number of allylic oxidation sites excluding steroid dienone is 1. The standard InChI is InChI=1S/C18H18F2O2/c1-3-5-10-22-18-9-7-14(12-16(18)20)13-6-8-17(21-4-2)15(19)11-13/h3,5-9,11-12H,4,10H2,1-2H3/b5-3+. The molecular weight excluding hydrogens is 286 g/mol. The molecule has 2 aromatic rings. The average Bonchev–Trinajstić information content (AvgIpc) is 2.51. The summed E-state index contributed by atoms with van der Waals surface area (Å²) in [5.74, 6) is -0.573. The maximum Gasteiger partial charge on any atom is 0.165 e. The third-order valence-corrected chi connectivity index (χ3v) is 3.07. The van der Waals surface area contributed by atoms with Crippen LogP contribution < -0.4 is 9.47 Å². The zero-order valence-corrected chi connectivity index (χ0v) is 12.6. The fourth-order valence-electron chi connectivity index (χ4n) is 1.98. The van der Waals surface area contributed by atoms with Crippen molar-refractivity contribution in [3.63, 3.8) is 0 Å². The van der Waals surface area contributed by atoms with Crippen molar-refractivity contribution >= 4 is 0 Å². The highest BCUT2D eigenvalue weighted by molar-refractivity contribution is 5.65. The topological polar surface area (TPSA) is 18.5 Å². The molecule has 0 amide bonds. The molecule has 0 saturated carbocycles. The Labute approximate surface area is 129 Å². The molecule has 0 aromatic heterocycles. The predicted molar refractivity (Wildman–Crippen MR) is 83.3 cm³/mol. The quantitative estimate of drug-likeness (QED) is 0.700. The van der Waals surface area contributed by atoms with Crippen molar-refractivity contribution in [3.05, 3.63) is 60.2 Å². The number of halogens is 2. The fourth-order valence-corrected chi connectivity index (χ4v) is 1.98. The van der Waals surface area contributed by atoms with E-state index in [-0.39, 0.29) is 11.5 Å². The predicted octanol–water partition coefficient (Wildman–Crippen LogP) is 4.99. The highest BCUT2D eigenvalue weighted by atomic mass is 19.1. The zero-order valence-electron chi connectivity index (χ0n) is 12.6. The number of benzene rings is 2. The Morgan fingerprint density at radius 2 is 1.45 bits per heavy atom. The van der Waals surface area contributed by atoms with E-state index < -0.39 is 11.6 Å². The lowest BCUT2D eigenvalue weighted by Gasteiger charge is -2.09. The zero-order chi connectivity index (χ0) is 15.9. The van der Waals surface area contributed by atoms with Crippen molar-refractivity contribution in [1.29, 1.82) is 0 Å². The molecule has 2 nitrogen and oxygen atoms in total. The molecule has 0 spiro atoms. The first-order chi connectivity index (χ1) is 10.7. The van der Waals surface area contributed by atoms with Gasteiger partial charge in [0.25, 0.3) is 0 Å². The maximum atomic E-state index is 14.0. The van der Waals surface area contributed by atoms with Crippen molar-refractivity contribution in [2.45, 2.75) is 13.8 Å². The van der Waals surface area contributed by atoms with E-state index in [9.17, 15) is 8.78 Å². The van der Waals surface area contributed by atoms with Gasteiger partial charge in [-0.05, 0) is 49.2 Å². The summed E-state index contributed by atoms with van der Waals surface area (Å²) in [6.07, 6.45) is 3.62. The van der Waals surface area contributed by atoms with E-state index in [0.29, 0.717) is 24.3 Å². The van der Waals surface area contributed by atoms with Gasteiger partial charge in [-0.25, -0.2) is 8.78 Å². The molecule has 2 rings (SSSR count). The van der Waals surface area contributed by atoms with Crippen LogP contribution in [0.1, 0.15) is 13.8 Å². The monoisotopic (exact) mass is 304 g/mol. The van der Waals surface area contributed by atoms with E-state index >= 15 is 0 Å². The molecule has 4 heteroatoms. The summed E-state index contributed by atoms with van der Waals surface area (Å²) in [5.41, 5.74) is 1.16.